The molecular formula is C13H10INO3S. The average Bonchev–Trinajstić information content (AvgIpc) is 2.81. The van der Waals surface area contributed by atoms with Gasteiger partial charge < -0.3 is 10.4 Å². The number of carbonyl (C=O) groups is 2. The number of thiophene rings is 1. The summed E-state index contributed by atoms with van der Waals surface area (Å²) in [6, 6.07) is 8.57. The molecule has 0 bridgehead atoms. The summed E-state index contributed by atoms with van der Waals surface area (Å²) in [7, 11) is 0. The molecular weight excluding hydrogens is 377 g/mol. The number of rotatable bonds is 3. The molecule has 4 nitrogen and oxygen atoms in total. The molecule has 6 heteroatoms. The first kappa shape index (κ1) is 14.0. The number of aromatic carboxylic acids is 1. The van der Waals surface area contributed by atoms with Crippen molar-refractivity contribution in [3.63, 3.8) is 0 Å². The Labute approximate surface area is 127 Å². The van der Waals surface area contributed by atoms with Gasteiger partial charge in [0.25, 0.3) is 5.91 Å². The number of anilines is 1. The molecule has 0 fully saturated rings. The summed E-state index contributed by atoms with van der Waals surface area (Å²) in [5.74, 6) is -1.22. The van der Waals surface area contributed by atoms with Crippen LogP contribution in [0.15, 0.2) is 30.3 Å². The Morgan fingerprint density at radius 3 is 2.63 bits per heavy atom. The van der Waals surface area contributed by atoms with E-state index in [-0.39, 0.29) is 10.8 Å². The predicted molar refractivity (Wildman–Crippen MR) is 83.1 cm³/mol. The van der Waals surface area contributed by atoms with Gasteiger partial charge in [0.2, 0.25) is 0 Å². The Morgan fingerprint density at radius 1 is 1.26 bits per heavy atom. The van der Waals surface area contributed by atoms with Crippen molar-refractivity contribution >= 4 is 50.8 Å². The SMILES string of the molecule is Cc1cccc(C(=O)Nc2ccc(C(=O)O)s2)c1I. The van der Waals surface area contributed by atoms with Crippen LogP contribution in [-0.4, -0.2) is 17.0 Å². The predicted octanol–water partition coefficient (Wildman–Crippen LogP) is 3.61. The maximum atomic E-state index is 12.1. The summed E-state index contributed by atoms with van der Waals surface area (Å²) in [6.45, 7) is 1.94. The third kappa shape index (κ3) is 3.13. The summed E-state index contributed by atoms with van der Waals surface area (Å²) in [5, 5.41) is 12.1. The molecule has 0 aliphatic heterocycles. The first-order valence-electron chi connectivity index (χ1n) is 5.38. The summed E-state index contributed by atoms with van der Waals surface area (Å²) in [4.78, 5) is 23.1. The standard InChI is InChI=1S/C13H10INO3S/c1-7-3-2-4-8(11(7)14)12(16)15-10-6-5-9(19-10)13(17)18/h2-6H,1H3,(H,15,16)(H,17,18). The van der Waals surface area contributed by atoms with Crippen LogP contribution in [0.4, 0.5) is 5.00 Å². The van der Waals surface area contributed by atoms with Gasteiger partial charge in [-0.3, -0.25) is 4.79 Å². The number of amides is 1. The topological polar surface area (TPSA) is 66.4 Å². The molecule has 0 unspecified atom stereocenters. The summed E-state index contributed by atoms with van der Waals surface area (Å²) < 4.78 is 0.896. The molecule has 1 amide bonds. The molecule has 2 N–H and O–H groups in total. The molecule has 98 valence electrons. The molecule has 0 atom stereocenters. The molecule has 0 aliphatic rings. The first-order valence-corrected chi connectivity index (χ1v) is 7.28. The Balaban J connectivity index is 2.21. The fourth-order valence-corrected chi connectivity index (χ4v) is 2.87. The van der Waals surface area contributed by atoms with Gasteiger partial charge in [0.05, 0.1) is 10.6 Å². The molecule has 1 heterocycles. The van der Waals surface area contributed by atoms with Crippen LogP contribution >= 0.6 is 33.9 Å². The molecule has 0 saturated carbocycles. The lowest BCUT2D eigenvalue weighted by atomic mass is 10.1. The summed E-state index contributed by atoms with van der Waals surface area (Å²) >= 11 is 3.17. The second-order valence-corrected chi connectivity index (χ2v) is 6.02. The third-order valence-corrected chi connectivity index (χ3v) is 4.91. The number of nitrogens with one attached hydrogen (secondary N) is 1. The number of benzene rings is 1. The van der Waals surface area contributed by atoms with E-state index in [1.54, 1.807) is 12.1 Å². The van der Waals surface area contributed by atoms with Crippen LogP contribution in [-0.2, 0) is 0 Å². The minimum absolute atomic E-state index is 0.203. The first-order chi connectivity index (χ1) is 8.99. The van der Waals surface area contributed by atoms with Crippen molar-refractivity contribution in [2.45, 2.75) is 6.92 Å². The number of halogens is 1. The Hall–Kier alpha value is -1.41. The second kappa shape index (κ2) is 5.70. The Bertz CT molecular complexity index is 651. The van der Waals surface area contributed by atoms with Crippen molar-refractivity contribution in [1.82, 2.24) is 0 Å². The van der Waals surface area contributed by atoms with Gasteiger partial charge in [0, 0.05) is 3.57 Å². The molecule has 0 spiro atoms. The number of carbonyl (C=O) groups excluding carboxylic acids is 1. The van der Waals surface area contributed by atoms with Crippen LogP contribution in [0.1, 0.15) is 25.6 Å². The third-order valence-electron chi connectivity index (χ3n) is 2.49. The number of hydrogen-bond acceptors (Lipinski definition) is 3. The van der Waals surface area contributed by atoms with Crippen LogP contribution in [0.5, 0.6) is 0 Å². The van der Waals surface area contributed by atoms with Crippen molar-refractivity contribution in [2.24, 2.45) is 0 Å². The highest BCUT2D eigenvalue weighted by molar-refractivity contribution is 14.1. The van der Waals surface area contributed by atoms with E-state index >= 15 is 0 Å². The van der Waals surface area contributed by atoms with Gasteiger partial charge in [-0.1, -0.05) is 12.1 Å². The van der Waals surface area contributed by atoms with E-state index in [2.05, 4.69) is 27.9 Å². The maximum absolute atomic E-state index is 12.1. The van der Waals surface area contributed by atoms with Gasteiger partial charge in [-0.2, -0.15) is 0 Å². The molecule has 1 aromatic carbocycles. The van der Waals surface area contributed by atoms with Crippen molar-refractivity contribution in [3.8, 4) is 0 Å². The molecule has 19 heavy (non-hydrogen) atoms. The normalized spacial score (nSPS) is 10.2. The van der Waals surface area contributed by atoms with E-state index in [0.29, 0.717) is 10.6 Å². The van der Waals surface area contributed by atoms with E-state index in [0.717, 1.165) is 20.5 Å². The lowest BCUT2D eigenvalue weighted by Crippen LogP contribution is -2.13. The van der Waals surface area contributed by atoms with Gasteiger partial charge in [0.15, 0.2) is 0 Å². The lowest BCUT2D eigenvalue weighted by molar-refractivity contribution is 0.0702. The molecule has 1 aromatic heterocycles. The van der Waals surface area contributed by atoms with Crippen molar-refractivity contribution < 1.29 is 14.7 Å². The van der Waals surface area contributed by atoms with E-state index in [1.165, 1.54) is 6.07 Å². The highest BCUT2D eigenvalue weighted by atomic mass is 127. The average molecular weight is 387 g/mol. The van der Waals surface area contributed by atoms with Crippen LogP contribution < -0.4 is 5.32 Å². The minimum atomic E-state index is -0.990. The Kier molecular flexibility index (Phi) is 4.20. The second-order valence-electron chi connectivity index (χ2n) is 3.86. The van der Waals surface area contributed by atoms with E-state index < -0.39 is 5.97 Å². The quantitative estimate of drug-likeness (QED) is 0.791. The zero-order chi connectivity index (χ0) is 14.0. The van der Waals surface area contributed by atoms with Crippen LogP contribution in [0.25, 0.3) is 0 Å². The fourth-order valence-electron chi connectivity index (χ4n) is 1.52. The van der Waals surface area contributed by atoms with Gasteiger partial charge in [-0.05, 0) is 53.3 Å². The molecule has 0 aliphatic carbocycles. The number of carboxylic acids is 1. The van der Waals surface area contributed by atoms with Crippen molar-refractivity contribution in [3.05, 3.63) is 49.9 Å². The van der Waals surface area contributed by atoms with E-state index in [4.69, 9.17) is 5.11 Å². The number of hydrogen-bond donors (Lipinski definition) is 2. The summed E-state index contributed by atoms with van der Waals surface area (Å²) in [6.07, 6.45) is 0. The largest absolute Gasteiger partial charge is 0.477 e. The monoisotopic (exact) mass is 387 g/mol. The highest BCUT2D eigenvalue weighted by Gasteiger charge is 2.13. The van der Waals surface area contributed by atoms with Crippen molar-refractivity contribution in [2.75, 3.05) is 5.32 Å². The lowest BCUT2D eigenvalue weighted by Gasteiger charge is -2.06. The highest BCUT2D eigenvalue weighted by Crippen LogP contribution is 2.24. The number of carboxylic acid groups (broad SMARTS) is 1. The van der Waals surface area contributed by atoms with E-state index in [1.807, 2.05) is 19.1 Å². The van der Waals surface area contributed by atoms with Crippen LogP contribution in [0.3, 0.4) is 0 Å². The van der Waals surface area contributed by atoms with Gasteiger partial charge in [-0.15, -0.1) is 11.3 Å². The Morgan fingerprint density at radius 2 is 2.00 bits per heavy atom. The van der Waals surface area contributed by atoms with Gasteiger partial charge in [0.1, 0.15) is 4.88 Å². The minimum Gasteiger partial charge on any atom is -0.477 e. The number of aryl methyl sites for hydroxylation is 1. The van der Waals surface area contributed by atoms with Crippen molar-refractivity contribution in [1.29, 1.82) is 0 Å². The van der Waals surface area contributed by atoms with Crippen LogP contribution in [0, 0.1) is 10.5 Å². The molecule has 2 aromatic rings. The molecule has 0 saturated heterocycles. The van der Waals surface area contributed by atoms with Gasteiger partial charge in [-0.25, -0.2) is 4.79 Å². The molecule has 0 radical (unpaired) electrons. The van der Waals surface area contributed by atoms with Gasteiger partial charge >= 0.3 is 5.97 Å². The van der Waals surface area contributed by atoms with Crippen LogP contribution in [0.2, 0.25) is 0 Å². The summed E-state index contributed by atoms with van der Waals surface area (Å²) in [5.41, 5.74) is 1.62. The van der Waals surface area contributed by atoms with E-state index in [9.17, 15) is 9.59 Å². The fraction of sp³-hybridized carbons (Fsp3) is 0.0769. The maximum Gasteiger partial charge on any atom is 0.345 e. The zero-order valence-corrected chi connectivity index (χ0v) is 12.9. The molecule has 2 rings (SSSR count). The zero-order valence-electron chi connectivity index (χ0n) is 9.94. The smallest absolute Gasteiger partial charge is 0.345 e.